The molecule has 1 N–H and O–H groups in total. The number of methoxy groups -OCH3 is 2. The average Bonchev–Trinajstić information content (AvgIpc) is 2.40. The summed E-state index contributed by atoms with van der Waals surface area (Å²) in [5, 5.41) is 0.866. The third-order valence-corrected chi connectivity index (χ3v) is 2.16. The lowest BCUT2D eigenvalue weighted by Crippen LogP contribution is -2.49. The van der Waals surface area contributed by atoms with Crippen molar-refractivity contribution in [2.24, 2.45) is 0 Å². The first-order valence-corrected chi connectivity index (χ1v) is 4.87. The molecule has 1 aliphatic rings. The van der Waals surface area contributed by atoms with Crippen molar-refractivity contribution in [3.63, 3.8) is 0 Å². The van der Waals surface area contributed by atoms with Crippen LogP contribution in [0, 0.1) is 0 Å². The SMILES string of the molecule is COc1cccc(N2NOC(=O)C(=O)O2)c1OC. The van der Waals surface area contributed by atoms with E-state index in [1.165, 1.54) is 14.2 Å². The van der Waals surface area contributed by atoms with E-state index < -0.39 is 11.9 Å². The van der Waals surface area contributed by atoms with E-state index in [-0.39, 0.29) is 0 Å². The van der Waals surface area contributed by atoms with Crippen molar-refractivity contribution in [3.05, 3.63) is 18.2 Å². The van der Waals surface area contributed by atoms with Crippen LogP contribution in [0.5, 0.6) is 11.5 Å². The molecule has 1 saturated heterocycles. The zero-order valence-corrected chi connectivity index (χ0v) is 9.63. The standard InChI is InChI=1S/C10H10N2O6/c1-15-7-5-3-4-6(8(7)16-2)12-11-17-9(13)10(14)18-12/h3-5,11H,1-2H3. The van der Waals surface area contributed by atoms with Crippen molar-refractivity contribution in [2.75, 3.05) is 19.4 Å². The highest BCUT2D eigenvalue weighted by molar-refractivity contribution is 6.30. The molecule has 0 spiro atoms. The van der Waals surface area contributed by atoms with Crippen LogP contribution in [0.3, 0.4) is 0 Å². The topological polar surface area (TPSA) is 86.3 Å². The number of nitrogens with zero attached hydrogens (tertiary/aromatic N) is 1. The van der Waals surface area contributed by atoms with Gasteiger partial charge in [0.25, 0.3) is 0 Å². The number of hydrogen-bond acceptors (Lipinski definition) is 8. The number of ether oxygens (including phenoxy) is 2. The highest BCUT2D eigenvalue weighted by Crippen LogP contribution is 2.37. The third-order valence-electron chi connectivity index (χ3n) is 2.16. The van der Waals surface area contributed by atoms with Crippen molar-refractivity contribution in [1.82, 2.24) is 5.59 Å². The monoisotopic (exact) mass is 254 g/mol. The lowest BCUT2D eigenvalue weighted by Gasteiger charge is -2.26. The van der Waals surface area contributed by atoms with Crippen LogP contribution in [-0.2, 0) is 19.3 Å². The Hall–Kier alpha value is -2.48. The van der Waals surface area contributed by atoms with Gasteiger partial charge in [0.05, 0.1) is 14.2 Å². The number of rotatable bonds is 3. The number of nitrogens with one attached hydrogen (secondary N) is 1. The molecule has 0 bridgehead atoms. The first-order valence-electron chi connectivity index (χ1n) is 4.87. The fraction of sp³-hybridized carbons (Fsp3) is 0.200. The van der Waals surface area contributed by atoms with Crippen LogP contribution < -0.4 is 20.2 Å². The molecule has 0 atom stereocenters. The van der Waals surface area contributed by atoms with Gasteiger partial charge in [0, 0.05) is 0 Å². The summed E-state index contributed by atoms with van der Waals surface area (Å²) in [5.41, 5.74) is 2.46. The van der Waals surface area contributed by atoms with Crippen LogP contribution in [0.4, 0.5) is 5.69 Å². The van der Waals surface area contributed by atoms with Gasteiger partial charge in [-0.3, -0.25) is 0 Å². The van der Waals surface area contributed by atoms with Crippen molar-refractivity contribution in [1.29, 1.82) is 0 Å². The second-order valence-corrected chi connectivity index (χ2v) is 3.17. The van der Waals surface area contributed by atoms with E-state index >= 15 is 0 Å². The maximum absolute atomic E-state index is 11.1. The fourth-order valence-electron chi connectivity index (χ4n) is 1.39. The van der Waals surface area contributed by atoms with E-state index in [1.54, 1.807) is 18.2 Å². The zero-order chi connectivity index (χ0) is 13.1. The highest BCUT2D eigenvalue weighted by atomic mass is 16.9. The molecule has 96 valence electrons. The molecule has 0 saturated carbocycles. The van der Waals surface area contributed by atoms with Crippen molar-refractivity contribution < 1.29 is 28.7 Å². The molecule has 1 fully saturated rings. The number of para-hydroxylation sites is 1. The number of carbonyl (C=O) groups excluding carboxylic acids is 2. The number of carbonyl (C=O) groups is 2. The predicted octanol–water partition coefficient (Wildman–Crippen LogP) is -0.0552. The van der Waals surface area contributed by atoms with Gasteiger partial charge in [0.2, 0.25) is 0 Å². The minimum absolute atomic E-state index is 0.317. The Balaban J connectivity index is 2.33. The predicted molar refractivity (Wildman–Crippen MR) is 57.3 cm³/mol. The number of benzene rings is 1. The van der Waals surface area contributed by atoms with Gasteiger partial charge in [-0.1, -0.05) is 11.2 Å². The highest BCUT2D eigenvalue weighted by Gasteiger charge is 2.31. The quantitative estimate of drug-likeness (QED) is 0.751. The summed E-state index contributed by atoms with van der Waals surface area (Å²) in [4.78, 5) is 31.0. The summed E-state index contributed by atoms with van der Waals surface area (Å²) in [6.07, 6.45) is 0. The van der Waals surface area contributed by atoms with Crippen LogP contribution in [0.2, 0.25) is 0 Å². The van der Waals surface area contributed by atoms with Gasteiger partial charge in [-0.05, 0) is 17.7 Å². The van der Waals surface area contributed by atoms with Gasteiger partial charge in [-0.15, -0.1) is 0 Å². The Kier molecular flexibility index (Phi) is 3.20. The van der Waals surface area contributed by atoms with Crippen molar-refractivity contribution in [2.45, 2.75) is 0 Å². The molecule has 1 aliphatic heterocycles. The molecule has 0 radical (unpaired) electrons. The van der Waals surface area contributed by atoms with E-state index in [2.05, 4.69) is 10.4 Å². The van der Waals surface area contributed by atoms with Gasteiger partial charge in [0.15, 0.2) is 11.5 Å². The van der Waals surface area contributed by atoms with E-state index in [1.807, 2.05) is 0 Å². The van der Waals surface area contributed by atoms with Crippen LogP contribution in [0.1, 0.15) is 0 Å². The normalized spacial score (nSPS) is 14.9. The molecule has 8 nitrogen and oxygen atoms in total. The summed E-state index contributed by atoms with van der Waals surface area (Å²) < 4.78 is 10.2. The second-order valence-electron chi connectivity index (χ2n) is 3.17. The van der Waals surface area contributed by atoms with E-state index in [9.17, 15) is 9.59 Å². The largest absolute Gasteiger partial charge is 0.493 e. The Morgan fingerprint density at radius 1 is 1.17 bits per heavy atom. The number of hydrazine groups is 1. The van der Waals surface area contributed by atoms with Gasteiger partial charge < -0.3 is 19.1 Å². The van der Waals surface area contributed by atoms with Crippen LogP contribution in [0.15, 0.2) is 18.2 Å². The van der Waals surface area contributed by atoms with Crippen molar-refractivity contribution in [3.8, 4) is 11.5 Å². The molecule has 0 aromatic heterocycles. The Bertz CT molecular complexity index is 489. The number of hydrogen-bond donors (Lipinski definition) is 1. The zero-order valence-electron chi connectivity index (χ0n) is 9.63. The molecule has 0 amide bonds. The van der Waals surface area contributed by atoms with Gasteiger partial charge in [-0.2, -0.15) is 0 Å². The fourth-order valence-corrected chi connectivity index (χ4v) is 1.39. The van der Waals surface area contributed by atoms with Gasteiger partial charge in [0.1, 0.15) is 5.69 Å². The summed E-state index contributed by atoms with van der Waals surface area (Å²) in [5.74, 6) is -1.52. The van der Waals surface area contributed by atoms with Gasteiger partial charge in [-0.25, -0.2) is 9.59 Å². The molecule has 1 aromatic carbocycles. The summed E-state index contributed by atoms with van der Waals surface area (Å²) in [7, 11) is 2.90. The van der Waals surface area contributed by atoms with Crippen LogP contribution >= 0.6 is 0 Å². The molecule has 18 heavy (non-hydrogen) atoms. The Morgan fingerprint density at radius 2 is 1.94 bits per heavy atom. The lowest BCUT2D eigenvalue weighted by atomic mass is 10.2. The number of anilines is 1. The Labute approximate surface area is 102 Å². The smallest absolute Gasteiger partial charge is 0.444 e. The minimum atomic E-state index is -1.14. The maximum Gasteiger partial charge on any atom is 0.444 e. The summed E-state index contributed by atoms with van der Waals surface area (Å²) >= 11 is 0. The third kappa shape index (κ3) is 2.00. The molecular weight excluding hydrogens is 244 g/mol. The Morgan fingerprint density at radius 3 is 2.56 bits per heavy atom. The summed E-state index contributed by atoms with van der Waals surface area (Å²) in [6.45, 7) is 0. The van der Waals surface area contributed by atoms with E-state index in [0.29, 0.717) is 17.2 Å². The lowest BCUT2D eigenvalue weighted by molar-refractivity contribution is -0.192. The van der Waals surface area contributed by atoms with Gasteiger partial charge >= 0.3 is 11.9 Å². The minimum Gasteiger partial charge on any atom is -0.493 e. The van der Waals surface area contributed by atoms with E-state index in [0.717, 1.165) is 5.17 Å². The average molecular weight is 254 g/mol. The molecule has 2 rings (SSSR count). The van der Waals surface area contributed by atoms with E-state index in [4.69, 9.17) is 14.3 Å². The summed E-state index contributed by atoms with van der Waals surface area (Å²) in [6, 6.07) is 4.91. The molecule has 8 heteroatoms. The molecule has 0 unspecified atom stereocenters. The maximum atomic E-state index is 11.1. The van der Waals surface area contributed by atoms with Crippen LogP contribution in [-0.4, -0.2) is 26.2 Å². The molecule has 0 aliphatic carbocycles. The van der Waals surface area contributed by atoms with Crippen LogP contribution in [0.25, 0.3) is 0 Å². The second kappa shape index (κ2) is 4.80. The first-order chi connectivity index (χ1) is 8.67. The molecule has 1 heterocycles. The molecular formula is C10H10N2O6. The molecule has 1 aromatic rings. The first kappa shape index (κ1) is 12.0. The van der Waals surface area contributed by atoms with Crippen molar-refractivity contribution >= 4 is 17.6 Å².